The molecule has 0 aliphatic heterocycles. The monoisotopic (exact) mass is 253 g/mol. The highest BCUT2D eigenvalue weighted by molar-refractivity contribution is 5.82. The lowest BCUT2D eigenvalue weighted by Crippen LogP contribution is -2.48. The van der Waals surface area contributed by atoms with Gasteiger partial charge in [0.25, 0.3) is 0 Å². The highest BCUT2D eigenvalue weighted by Gasteiger charge is 2.40. The van der Waals surface area contributed by atoms with Crippen LogP contribution >= 0.6 is 0 Å². The zero-order valence-electron chi connectivity index (χ0n) is 12.0. The molecule has 0 saturated heterocycles. The molecule has 0 aromatic carbocycles. The zero-order chi connectivity index (χ0) is 13.2. The van der Waals surface area contributed by atoms with Crippen LogP contribution in [0.1, 0.15) is 58.8 Å². The number of hydrogen-bond acceptors (Lipinski definition) is 2. The average Bonchev–Trinajstić information content (AvgIpc) is 2.99. The van der Waals surface area contributed by atoms with Crippen molar-refractivity contribution < 1.29 is 9.53 Å². The molecular weight excluding hydrogens is 226 g/mol. The number of nitrogens with one attached hydrogen (secondary N) is 1. The Bertz CT molecular complexity index is 295. The number of hydrogen-bond donors (Lipinski definition) is 1. The van der Waals surface area contributed by atoms with Crippen LogP contribution in [-0.4, -0.2) is 25.2 Å². The van der Waals surface area contributed by atoms with Crippen LogP contribution in [0.2, 0.25) is 0 Å². The second-order valence-electron chi connectivity index (χ2n) is 6.49. The molecule has 0 spiro atoms. The van der Waals surface area contributed by atoms with Crippen LogP contribution in [0.5, 0.6) is 0 Å². The molecule has 2 fully saturated rings. The molecule has 2 aliphatic rings. The summed E-state index contributed by atoms with van der Waals surface area (Å²) in [7, 11) is 1.75. The Morgan fingerprint density at radius 3 is 2.39 bits per heavy atom. The van der Waals surface area contributed by atoms with E-state index in [1.165, 1.54) is 25.7 Å². The van der Waals surface area contributed by atoms with E-state index in [4.69, 9.17) is 4.74 Å². The molecular formula is C15H27NO2. The van der Waals surface area contributed by atoms with Gasteiger partial charge in [-0.15, -0.1) is 0 Å². The van der Waals surface area contributed by atoms with Crippen LogP contribution in [0.15, 0.2) is 0 Å². The predicted octanol–water partition coefficient (Wildman–Crippen LogP) is 2.89. The van der Waals surface area contributed by atoms with Crippen LogP contribution in [0.3, 0.4) is 0 Å². The largest absolute Gasteiger partial charge is 0.379 e. The SMILES string of the molecule is COC1CCCC1NC(=O)C(C)(C)C1CCCC1. The molecule has 0 radical (unpaired) electrons. The maximum atomic E-state index is 12.5. The van der Waals surface area contributed by atoms with Gasteiger partial charge in [0.2, 0.25) is 5.91 Å². The summed E-state index contributed by atoms with van der Waals surface area (Å²) in [5.41, 5.74) is -0.225. The standard InChI is InChI=1S/C15H27NO2/c1-15(2,11-7-4-5-8-11)14(17)16-12-9-6-10-13(12)18-3/h11-13H,4-10H2,1-3H3,(H,16,17). The van der Waals surface area contributed by atoms with E-state index in [1.807, 2.05) is 0 Å². The molecule has 0 aromatic rings. The summed E-state index contributed by atoms with van der Waals surface area (Å²) >= 11 is 0. The quantitative estimate of drug-likeness (QED) is 0.836. The van der Waals surface area contributed by atoms with Crippen molar-refractivity contribution in [3.63, 3.8) is 0 Å². The molecule has 2 unspecified atom stereocenters. The minimum Gasteiger partial charge on any atom is -0.379 e. The Morgan fingerprint density at radius 2 is 1.78 bits per heavy atom. The molecule has 3 nitrogen and oxygen atoms in total. The maximum absolute atomic E-state index is 12.5. The van der Waals surface area contributed by atoms with Gasteiger partial charge in [0.15, 0.2) is 0 Å². The van der Waals surface area contributed by atoms with Crippen molar-refractivity contribution in [3.8, 4) is 0 Å². The van der Waals surface area contributed by atoms with Crippen molar-refractivity contribution in [2.45, 2.75) is 70.9 Å². The van der Waals surface area contributed by atoms with E-state index in [2.05, 4.69) is 19.2 Å². The van der Waals surface area contributed by atoms with Gasteiger partial charge in [0.1, 0.15) is 0 Å². The smallest absolute Gasteiger partial charge is 0.226 e. The summed E-state index contributed by atoms with van der Waals surface area (Å²) in [5, 5.41) is 3.23. The van der Waals surface area contributed by atoms with Crippen LogP contribution < -0.4 is 5.32 Å². The summed E-state index contributed by atoms with van der Waals surface area (Å²) in [6.07, 6.45) is 8.49. The molecule has 0 aromatic heterocycles. The van der Waals surface area contributed by atoms with Crippen molar-refractivity contribution >= 4 is 5.91 Å². The molecule has 2 atom stereocenters. The number of carbonyl (C=O) groups is 1. The molecule has 1 amide bonds. The van der Waals surface area contributed by atoms with Gasteiger partial charge in [0.05, 0.1) is 12.1 Å². The lowest BCUT2D eigenvalue weighted by Gasteiger charge is -2.32. The zero-order valence-corrected chi connectivity index (χ0v) is 12.0. The van der Waals surface area contributed by atoms with E-state index in [0.717, 1.165) is 19.3 Å². The van der Waals surface area contributed by atoms with E-state index < -0.39 is 0 Å². The third-order valence-corrected chi connectivity index (χ3v) is 5.03. The third-order valence-electron chi connectivity index (χ3n) is 5.03. The summed E-state index contributed by atoms with van der Waals surface area (Å²) in [4.78, 5) is 12.5. The van der Waals surface area contributed by atoms with Crippen LogP contribution in [-0.2, 0) is 9.53 Å². The molecule has 3 heteroatoms. The fraction of sp³-hybridized carbons (Fsp3) is 0.933. The van der Waals surface area contributed by atoms with Crippen LogP contribution in [0.4, 0.5) is 0 Å². The highest BCUT2D eigenvalue weighted by atomic mass is 16.5. The lowest BCUT2D eigenvalue weighted by molar-refractivity contribution is -0.133. The van der Waals surface area contributed by atoms with Gasteiger partial charge >= 0.3 is 0 Å². The van der Waals surface area contributed by atoms with E-state index in [9.17, 15) is 4.79 Å². The van der Waals surface area contributed by atoms with E-state index in [-0.39, 0.29) is 23.5 Å². The van der Waals surface area contributed by atoms with E-state index in [0.29, 0.717) is 5.92 Å². The van der Waals surface area contributed by atoms with Crippen molar-refractivity contribution in [2.75, 3.05) is 7.11 Å². The number of rotatable bonds is 4. The summed E-state index contributed by atoms with van der Waals surface area (Å²) in [6.45, 7) is 4.21. The highest BCUT2D eigenvalue weighted by Crippen LogP contribution is 2.40. The van der Waals surface area contributed by atoms with Crippen molar-refractivity contribution in [1.82, 2.24) is 5.32 Å². The fourth-order valence-corrected chi connectivity index (χ4v) is 3.56. The molecule has 104 valence electrons. The maximum Gasteiger partial charge on any atom is 0.226 e. The Morgan fingerprint density at radius 1 is 1.11 bits per heavy atom. The van der Waals surface area contributed by atoms with Gasteiger partial charge in [-0.1, -0.05) is 26.7 Å². The van der Waals surface area contributed by atoms with Gasteiger partial charge < -0.3 is 10.1 Å². The molecule has 2 rings (SSSR count). The van der Waals surface area contributed by atoms with Crippen LogP contribution in [0, 0.1) is 11.3 Å². The Labute approximate surface area is 111 Å². The first-order valence-corrected chi connectivity index (χ1v) is 7.39. The van der Waals surface area contributed by atoms with Gasteiger partial charge in [-0.05, 0) is 38.0 Å². The topological polar surface area (TPSA) is 38.3 Å². The van der Waals surface area contributed by atoms with E-state index in [1.54, 1.807) is 7.11 Å². The molecule has 2 saturated carbocycles. The van der Waals surface area contributed by atoms with E-state index >= 15 is 0 Å². The summed E-state index contributed by atoms with van der Waals surface area (Å²) < 4.78 is 5.45. The Kier molecular flexibility index (Phi) is 4.31. The Balaban J connectivity index is 1.93. The lowest BCUT2D eigenvalue weighted by atomic mass is 9.77. The Hall–Kier alpha value is -0.570. The molecule has 0 bridgehead atoms. The third kappa shape index (κ3) is 2.71. The number of carbonyl (C=O) groups excluding carboxylic acids is 1. The first-order valence-electron chi connectivity index (χ1n) is 7.39. The summed E-state index contributed by atoms with van der Waals surface area (Å²) in [6, 6.07) is 0.225. The first-order chi connectivity index (χ1) is 8.55. The van der Waals surface area contributed by atoms with Gasteiger partial charge in [0, 0.05) is 12.5 Å². The van der Waals surface area contributed by atoms with Crippen molar-refractivity contribution in [2.24, 2.45) is 11.3 Å². The molecule has 0 heterocycles. The average molecular weight is 253 g/mol. The second-order valence-corrected chi connectivity index (χ2v) is 6.49. The fourth-order valence-electron chi connectivity index (χ4n) is 3.56. The van der Waals surface area contributed by atoms with Gasteiger partial charge in [-0.25, -0.2) is 0 Å². The predicted molar refractivity (Wildman–Crippen MR) is 72.3 cm³/mol. The minimum absolute atomic E-state index is 0.216. The molecule has 2 aliphatic carbocycles. The molecule has 18 heavy (non-hydrogen) atoms. The van der Waals surface area contributed by atoms with Crippen molar-refractivity contribution in [1.29, 1.82) is 0 Å². The normalized spacial score (nSPS) is 29.7. The molecule has 1 N–H and O–H groups in total. The summed E-state index contributed by atoms with van der Waals surface area (Å²) in [5.74, 6) is 0.781. The van der Waals surface area contributed by atoms with Crippen LogP contribution in [0.25, 0.3) is 0 Å². The minimum atomic E-state index is -0.225. The van der Waals surface area contributed by atoms with Gasteiger partial charge in [-0.2, -0.15) is 0 Å². The van der Waals surface area contributed by atoms with Crippen molar-refractivity contribution in [3.05, 3.63) is 0 Å². The first kappa shape index (κ1) is 13.9. The van der Waals surface area contributed by atoms with Gasteiger partial charge in [-0.3, -0.25) is 4.79 Å². The number of methoxy groups -OCH3 is 1. The number of amides is 1. The second kappa shape index (κ2) is 5.60. The number of ether oxygens (including phenoxy) is 1.